The maximum atomic E-state index is 12.6. The summed E-state index contributed by atoms with van der Waals surface area (Å²) in [6.45, 7) is 1.23. The quantitative estimate of drug-likeness (QED) is 0.479. The summed E-state index contributed by atoms with van der Waals surface area (Å²) in [6.07, 6.45) is 0. The van der Waals surface area contributed by atoms with Crippen molar-refractivity contribution in [2.45, 2.75) is 13.0 Å². The molecule has 3 rings (SSSR count). The SMILES string of the molecule is Cc1ccc([C@@H]2/C(=C(\O)c3ccc(Cl)cc3)C(=O)C(=O)N2CC(=O)O)cc1. The van der Waals surface area contributed by atoms with Crippen molar-refractivity contribution in [1.82, 2.24) is 4.90 Å². The van der Waals surface area contributed by atoms with Crippen LogP contribution in [-0.2, 0) is 14.4 Å². The summed E-state index contributed by atoms with van der Waals surface area (Å²) in [6, 6.07) is 12.1. The number of amides is 1. The zero-order valence-electron chi connectivity index (χ0n) is 14.3. The number of hydrogen-bond acceptors (Lipinski definition) is 4. The van der Waals surface area contributed by atoms with Gasteiger partial charge in [-0.05, 0) is 36.8 Å². The van der Waals surface area contributed by atoms with Crippen molar-refractivity contribution in [2.24, 2.45) is 0 Å². The van der Waals surface area contributed by atoms with E-state index in [1.165, 1.54) is 12.1 Å². The third-order valence-corrected chi connectivity index (χ3v) is 4.61. The Kier molecular flexibility index (Phi) is 5.01. The van der Waals surface area contributed by atoms with Crippen LogP contribution in [0.3, 0.4) is 0 Å². The van der Waals surface area contributed by atoms with E-state index in [1.807, 2.05) is 6.92 Å². The Morgan fingerprint density at radius 3 is 2.19 bits per heavy atom. The van der Waals surface area contributed by atoms with Crippen molar-refractivity contribution in [3.05, 3.63) is 75.8 Å². The number of likely N-dealkylation sites (tertiary alicyclic amines) is 1. The summed E-state index contributed by atoms with van der Waals surface area (Å²) in [4.78, 5) is 37.2. The maximum Gasteiger partial charge on any atom is 0.323 e. The number of benzene rings is 2. The lowest BCUT2D eigenvalue weighted by atomic mass is 9.95. The van der Waals surface area contributed by atoms with Crippen LogP contribution < -0.4 is 0 Å². The van der Waals surface area contributed by atoms with E-state index in [1.54, 1.807) is 36.4 Å². The smallest absolute Gasteiger partial charge is 0.323 e. The van der Waals surface area contributed by atoms with Gasteiger partial charge in [0.2, 0.25) is 0 Å². The number of carboxylic acids is 1. The number of aliphatic hydroxyl groups excluding tert-OH is 1. The van der Waals surface area contributed by atoms with Crippen LogP contribution in [0, 0.1) is 6.92 Å². The van der Waals surface area contributed by atoms with Crippen molar-refractivity contribution >= 4 is 35.0 Å². The topological polar surface area (TPSA) is 94.9 Å². The van der Waals surface area contributed by atoms with E-state index in [2.05, 4.69) is 0 Å². The highest BCUT2D eigenvalue weighted by atomic mass is 35.5. The zero-order chi connectivity index (χ0) is 19.7. The first-order chi connectivity index (χ1) is 12.8. The summed E-state index contributed by atoms with van der Waals surface area (Å²) in [5.74, 6) is -3.50. The predicted molar refractivity (Wildman–Crippen MR) is 99.3 cm³/mol. The van der Waals surface area contributed by atoms with Crippen LogP contribution in [0.4, 0.5) is 0 Å². The number of nitrogens with zero attached hydrogens (tertiary/aromatic N) is 1. The first-order valence-corrected chi connectivity index (χ1v) is 8.50. The van der Waals surface area contributed by atoms with Crippen LogP contribution in [0.5, 0.6) is 0 Å². The number of aliphatic hydroxyl groups is 1. The van der Waals surface area contributed by atoms with Crippen LogP contribution >= 0.6 is 11.6 Å². The molecule has 138 valence electrons. The molecule has 6 nitrogen and oxygen atoms in total. The number of carboxylic acid groups (broad SMARTS) is 1. The Hall–Kier alpha value is -3.12. The number of ketones is 1. The molecule has 2 aromatic carbocycles. The van der Waals surface area contributed by atoms with Crippen molar-refractivity contribution in [3.8, 4) is 0 Å². The fourth-order valence-electron chi connectivity index (χ4n) is 3.05. The molecule has 27 heavy (non-hydrogen) atoms. The molecule has 1 heterocycles. The molecule has 0 aromatic heterocycles. The summed E-state index contributed by atoms with van der Waals surface area (Å²) >= 11 is 5.86. The van der Waals surface area contributed by atoms with Crippen molar-refractivity contribution in [1.29, 1.82) is 0 Å². The molecule has 0 spiro atoms. The molecule has 1 aliphatic rings. The van der Waals surface area contributed by atoms with Crippen LogP contribution in [0.15, 0.2) is 54.1 Å². The second-order valence-corrected chi connectivity index (χ2v) is 6.67. The number of aryl methyl sites for hydroxylation is 1. The number of halogens is 1. The number of rotatable bonds is 4. The molecule has 0 unspecified atom stereocenters. The average molecular weight is 386 g/mol. The fourth-order valence-corrected chi connectivity index (χ4v) is 3.17. The molecular formula is C20H16ClNO5. The van der Waals surface area contributed by atoms with Crippen LogP contribution in [0.25, 0.3) is 5.76 Å². The van der Waals surface area contributed by atoms with Crippen molar-refractivity contribution in [3.63, 3.8) is 0 Å². The maximum absolute atomic E-state index is 12.6. The molecule has 0 radical (unpaired) electrons. The highest BCUT2D eigenvalue weighted by Gasteiger charge is 2.46. The van der Waals surface area contributed by atoms with Crippen molar-refractivity contribution in [2.75, 3.05) is 6.54 Å². The van der Waals surface area contributed by atoms with Gasteiger partial charge in [-0.15, -0.1) is 0 Å². The van der Waals surface area contributed by atoms with Gasteiger partial charge in [0, 0.05) is 10.6 Å². The lowest BCUT2D eigenvalue weighted by molar-refractivity contribution is -0.146. The Morgan fingerprint density at radius 2 is 1.63 bits per heavy atom. The summed E-state index contributed by atoms with van der Waals surface area (Å²) in [7, 11) is 0. The van der Waals surface area contributed by atoms with Crippen molar-refractivity contribution < 1.29 is 24.6 Å². The van der Waals surface area contributed by atoms with Crippen LogP contribution in [-0.4, -0.2) is 39.3 Å². The van der Waals surface area contributed by atoms with Gasteiger partial charge in [-0.1, -0.05) is 41.4 Å². The fraction of sp³-hybridized carbons (Fsp3) is 0.150. The molecule has 2 aromatic rings. The molecule has 1 aliphatic heterocycles. The lowest BCUT2D eigenvalue weighted by Gasteiger charge is -2.23. The Bertz CT molecular complexity index is 947. The summed E-state index contributed by atoms with van der Waals surface area (Å²) < 4.78 is 0. The zero-order valence-corrected chi connectivity index (χ0v) is 15.1. The molecular weight excluding hydrogens is 370 g/mol. The molecule has 0 aliphatic carbocycles. The van der Waals surface area contributed by atoms with E-state index in [9.17, 15) is 19.5 Å². The second-order valence-electron chi connectivity index (χ2n) is 6.24. The molecule has 1 saturated heterocycles. The van der Waals surface area contributed by atoms with Crippen LogP contribution in [0.1, 0.15) is 22.7 Å². The molecule has 0 saturated carbocycles. The van der Waals surface area contributed by atoms with Gasteiger partial charge >= 0.3 is 5.97 Å². The largest absolute Gasteiger partial charge is 0.507 e. The lowest BCUT2D eigenvalue weighted by Crippen LogP contribution is -2.34. The third-order valence-electron chi connectivity index (χ3n) is 4.36. The molecule has 1 atom stereocenters. The number of carbonyl (C=O) groups excluding carboxylic acids is 2. The highest BCUT2D eigenvalue weighted by Crippen LogP contribution is 2.39. The van der Waals surface area contributed by atoms with E-state index < -0.39 is 30.2 Å². The average Bonchev–Trinajstić information content (AvgIpc) is 2.87. The normalized spacial score (nSPS) is 18.7. The highest BCUT2D eigenvalue weighted by molar-refractivity contribution is 6.46. The monoisotopic (exact) mass is 385 g/mol. The van der Waals surface area contributed by atoms with Gasteiger partial charge in [0.15, 0.2) is 0 Å². The van der Waals surface area contributed by atoms with E-state index >= 15 is 0 Å². The molecule has 1 amide bonds. The summed E-state index contributed by atoms with van der Waals surface area (Å²) in [5.41, 5.74) is 1.67. The second kappa shape index (κ2) is 7.25. The number of aliphatic carboxylic acids is 1. The molecule has 1 fully saturated rings. The predicted octanol–water partition coefficient (Wildman–Crippen LogP) is 3.15. The van der Waals surface area contributed by atoms with Gasteiger partial charge in [-0.3, -0.25) is 14.4 Å². The van der Waals surface area contributed by atoms with Gasteiger partial charge in [0.05, 0.1) is 11.6 Å². The van der Waals surface area contributed by atoms with E-state index in [-0.39, 0.29) is 11.3 Å². The molecule has 0 bridgehead atoms. The first-order valence-electron chi connectivity index (χ1n) is 8.12. The summed E-state index contributed by atoms with van der Waals surface area (Å²) in [5, 5.41) is 20.3. The Labute approximate surface area is 160 Å². The van der Waals surface area contributed by atoms with E-state index in [0.29, 0.717) is 16.1 Å². The number of carbonyl (C=O) groups is 3. The van der Waals surface area contributed by atoms with Crippen LogP contribution in [0.2, 0.25) is 5.02 Å². The Balaban J connectivity index is 2.19. The minimum Gasteiger partial charge on any atom is -0.507 e. The first kappa shape index (κ1) is 18.7. The Morgan fingerprint density at radius 1 is 1.04 bits per heavy atom. The minimum absolute atomic E-state index is 0.146. The van der Waals surface area contributed by atoms with Gasteiger partial charge in [-0.2, -0.15) is 0 Å². The van der Waals surface area contributed by atoms with E-state index in [4.69, 9.17) is 16.7 Å². The van der Waals surface area contributed by atoms with Gasteiger partial charge in [-0.25, -0.2) is 0 Å². The number of hydrogen-bond donors (Lipinski definition) is 2. The van der Waals surface area contributed by atoms with Gasteiger partial charge < -0.3 is 15.1 Å². The van der Waals surface area contributed by atoms with Gasteiger partial charge in [0.1, 0.15) is 12.3 Å². The molecule has 7 heteroatoms. The van der Waals surface area contributed by atoms with E-state index in [0.717, 1.165) is 10.5 Å². The minimum atomic E-state index is -1.25. The number of Topliss-reactive ketones (excluding diaryl/α,β-unsaturated/α-hetero) is 1. The van der Waals surface area contributed by atoms with Gasteiger partial charge in [0.25, 0.3) is 11.7 Å². The standard InChI is InChI=1S/C20H16ClNO5/c1-11-2-4-12(5-3-11)17-16(18(25)13-6-8-14(21)9-7-13)19(26)20(27)22(17)10-15(23)24/h2-9,17,25H,10H2,1H3,(H,23,24)/b18-16+/t17-/m1/s1. The molecule has 2 N–H and O–H groups in total. The third kappa shape index (κ3) is 3.57.